The molecule has 0 aliphatic carbocycles. The molecule has 2 aromatic rings. The van der Waals surface area contributed by atoms with E-state index in [1.807, 2.05) is 21.4 Å². The number of piperidine rings is 2. The Morgan fingerprint density at radius 1 is 1.10 bits per heavy atom. The zero-order chi connectivity index (χ0) is 21.8. The normalized spacial score (nSPS) is 24.1. The van der Waals surface area contributed by atoms with Gasteiger partial charge in [0.25, 0.3) is 11.8 Å². The Labute approximate surface area is 188 Å². The second-order valence-corrected chi connectivity index (χ2v) is 9.63. The molecule has 2 fully saturated rings. The Balaban J connectivity index is 1.32. The zero-order valence-electron chi connectivity index (χ0n) is 18.3. The first kappa shape index (κ1) is 21.8. The van der Waals surface area contributed by atoms with E-state index in [9.17, 15) is 9.59 Å². The molecule has 3 heterocycles. The number of benzene rings is 1. The minimum atomic E-state index is 0.0291. The van der Waals surface area contributed by atoms with Crippen LogP contribution in [0.4, 0.5) is 0 Å². The summed E-state index contributed by atoms with van der Waals surface area (Å²) >= 11 is 1.66. The van der Waals surface area contributed by atoms with Crippen LogP contribution in [0.2, 0.25) is 0 Å². The maximum atomic E-state index is 13.0. The minimum Gasteiger partial charge on any atom is -0.484 e. The highest BCUT2D eigenvalue weighted by molar-refractivity contribution is 7.09. The maximum Gasteiger partial charge on any atom is 0.260 e. The number of rotatable bonds is 5. The van der Waals surface area contributed by atoms with Crippen LogP contribution in [0.3, 0.4) is 0 Å². The summed E-state index contributed by atoms with van der Waals surface area (Å²) in [5.74, 6) is 1.01. The van der Waals surface area contributed by atoms with Gasteiger partial charge in [-0.15, -0.1) is 11.3 Å². The molecule has 0 bridgehead atoms. The van der Waals surface area contributed by atoms with Gasteiger partial charge in [0.2, 0.25) is 0 Å². The molecule has 2 aliphatic rings. The molecule has 166 valence electrons. The summed E-state index contributed by atoms with van der Waals surface area (Å²) in [7, 11) is 0. The number of carbonyl (C=O) groups is 2. The fourth-order valence-electron chi connectivity index (χ4n) is 4.81. The van der Waals surface area contributed by atoms with Crippen LogP contribution in [0.15, 0.2) is 35.8 Å². The summed E-state index contributed by atoms with van der Waals surface area (Å²) in [6, 6.07) is 7.68. The number of nitrogens with zero attached hydrogens (tertiary/aromatic N) is 3. The topological polar surface area (TPSA) is 62.7 Å². The number of aromatic nitrogens is 1. The molecule has 2 saturated heterocycles. The lowest BCUT2D eigenvalue weighted by Gasteiger charge is -2.38. The summed E-state index contributed by atoms with van der Waals surface area (Å²) in [6.07, 6.45) is 7.17. The van der Waals surface area contributed by atoms with Crippen molar-refractivity contribution in [1.82, 2.24) is 14.8 Å². The van der Waals surface area contributed by atoms with E-state index in [0.29, 0.717) is 23.8 Å². The number of hydrogen-bond acceptors (Lipinski definition) is 5. The molecule has 1 aromatic heterocycles. The number of amides is 2. The van der Waals surface area contributed by atoms with E-state index >= 15 is 0 Å². The number of ether oxygens (including phenoxy) is 1. The fourth-order valence-corrected chi connectivity index (χ4v) is 5.58. The molecular formula is C24H31N3O3S. The van der Waals surface area contributed by atoms with Gasteiger partial charge in [-0.25, -0.2) is 4.98 Å². The lowest BCUT2D eigenvalue weighted by atomic mass is 9.97. The minimum absolute atomic E-state index is 0.0291. The average Bonchev–Trinajstić information content (AvgIpc) is 3.33. The highest BCUT2D eigenvalue weighted by Gasteiger charge is 2.29. The summed E-state index contributed by atoms with van der Waals surface area (Å²) in [6.45, 7) is 5.73. The maximum absolute atomic E-state index is 13.0. The standard InChI is InChI=1S/C24H31N3O3S/c1-17-5-3-6-18(2)27(17)22(28)16-30-21-10-8-19(9-11-21)24(29)26-13-4-7-20(15-26)23-25-12-14-31-23/h8-12,14,17-18,20H,3-7,13,15-16H2,1-2H3. The predicted molar refractivity (Wildman–Crippen MR) is 122 cm³/mol. The van der Waals surface area contributed by atoms with Gasteiger partial charge in [-0.3, -0.25) is 9.59 Å². The molecule has 3 unspecified atom stereocenters. The van der Waals surface area contributed by atoms with Gasteiger partial charge in [-0.1, -0.05) is 0 Å². The van der Waals surface area contributed by atoms with Crippen molar-refractivity contribution in [3.63, 3.8) is 0 Å². The van der Waals surface area contributed by atoms with Gasteiger partial charge < -0.3 is 14.5 Å². The molecule has 0 radical (unpaired) electrons. The molecule has 7 heteroatoms. The summed E-state index contributed by atoms with van der Waals surface area (Å²) in [5.41, 5.74) is 0.650. The monoisotopic (exact) mass is 441 g/mol. The lowest BCUT2D eigenvalue weighted by molar-refractivity contribution is -0.139. The predicted octanol–water partition coefficient (Wildman–Crippen LogP) is 4.33. The van der Waals surface area contributed by atoms with Crippen molar-refractivity contribution in [2.24, 2.45) is 0 Å². The van der Waals surface area contributed by atoms with Crippen molar-refractivity contribution < 1.29 is 14.3 Å². The van der Waals surface area contributed by atoms with Crippen LogP contribution >= 0.6 is 11.3 Å². The van der Waals surface area contributed by atoms with Gasteiger partial charge in [0.05, 0.1) is 5.01 Å². The van der Waals surface area contributed by atoms with Gasteiger partial charge in [-0.2, -0.15) is 0 Å². The molecule has 3 atom stereocenters. The van der Waals surface area contributed by atoms with Crippen molar-refractivity contribution in [2.45, 2.75) is 64.0 Å². The lowest BCUT2D eigenvalue weighted by Crippen LogP contribution is -2.49. The van der Waals surface area contributed by atoms with Gasteiger partial charge in [-0.05, 0) is 70.2 Å². The van der Waals surface area contributed by atoms with Gasteiger partial charge in [0.1, 0.15) is 5.75 Å². The molecular weight excluding hydrogens is 410 g/mol. The Morgan fingerprint density at radius 3 is 2.52 bits per heavy atom. The number of hydrogen-bond donors (Lipinski definition) is 0. The van der Waals surface area contributed by atoms with E-state index in [1.54, 1.807) is 35.6 Å². The largest absolute Gasteiger partial charge is 0.484 e. The van der Waals surface area contributed by atoms with Gasteiger partial charge in [0.15, 0.2) is 6.61 Å². The third-order valence-electron chi connectivity index (χ3n) is 6.45. The Bertz CT molecular complexity index is 874. The number of thiazole rings is 1. The Hall–Kier alpha value is -2.41. The highest BCUT2D eigenvalue weighted by atomic mass is 32.1. The molecule has 31 heavy (non-hydrogen) atoms. The summed E-state index contributed by atoms with van der Waals surface area (Å²) in [4.78, 5) is 33.9. The van der Waals surface area contributed by atoms with Crippen LogP contribution in [-0.4, -0.2) is 58.4 Å². The molecule has 2 aliphatic heterocycles. The molecule has 6 nitrogen and oxygen atoms in total. The van der Waals surface area contributed by atoms with Crippen LogP contribution in [0.25, 0.3) is 0 Å². The van der Waals surface area contributed by atoms with Crippen LogP contribution in [0, 0.1) is 0 Å². The van der Waals surface area contributed by atoms with Crippen LogP contribution in [0.5, 0.6) is 5.75 Å². The van der Waals surface area contributed by atoms with E-state index in [0.717, 1.165) is 37.2 Å². The molecule has 2 amide bonds. The van der Waals surface area contributed by atoms with Crippen LogP contribution in [-0.2, 0) is 4.79 Å². The van der Waals surface area contributed by atoms with Gasteiger partial charge in [0, 0.05) is 48.2 Å². The highest BCUT2D eigenvalue weighted by Crippen LogP contribution is 2.29. The van der Waals surface area contributed by atoms with Crippen molar-refractivity contribution in [3.05, 3.63) is 46.4 Å². The quantitative estimate of drug-likeness (QED) is 0.693. The van der Waals surface area contributed by atoms with Crippen molar-refractivity contribution in [1.29, 1.82) is 0 Å². The third-order valence-corrected chi connectivity index (χ3v) is 7.39. The van der Waals surface area contributed by atoms with Crippen LogP contribution in [0.1, 0.15) is 67.2 Å². The van der Waals surface area contributed by atoms with Crippen molar-refractivity contribution in [3.8, 4) is 5.75 Å². The smallest absolute Gasteiger partial charge is 0.260 e. The molecule has 0 spiro atoms. The number of carbonyl (C=O) groups excluding carboxylic acids is 2. The van der Waals surface area contributed by atoms with E-state index in [2.05, 4.69) is 18.8 Å². The fraction of sp³-hybridized carbons (Fsp3) is 0.542. The van der Waals surface area contributed by atoms with E-state index in [-0.39, 0.29) is 30.5 Å². The van der Waals surface area contributed by atoms with Crippen LogP contribution < -0.4 is 4.74 Å². The summed E-state index contributed by atoms with van der Waals surface area (Å²) in [5, 5.41) is 3.11. The molecule has 1 aromatic carbocycles. The van der Waals surface area contributed by atoms with E-state index in [4.69, 9.17) is 4.74 Å². The van der Waals surface area contributed by atoms with Gasteiger partial charge >= 0.3 is 0 Å². The zero-order valence-corrected chi connectivity index (χ0v) is 19.1. The first-order chi connectivity index (χ1) is 15.0. The third kappa shape index (κ3) is 5.09. The second kappa shape index (κ2) is 9.81. The SMILES string of the molecule is CC1CCCC(C)N1C(=O)COc1ccc(C(=O)N2CCCC(c3nccs3)C2)cc1. The summed E-state index contributed by atoms with van der Waals surface area (Å²) < 4.78 is 5.74. The van der Waals surface area contributed by atoms with Crippen molar-refractivity contribution >= 4 is 23.2 Å². The molecule has 4 rings (SSSR count). The molecule has 0 saturated carbocycles. The first-order valence-electron chi connectivity index (χ1n) is 11.3. The molecule has 0 N–H and O–H groups in total. The average molecular weight is 442 g/mol. The van der Waals surface area contributed by atoms with E-state index in [1.165, 1.54) is 6.42 Å². The Morgan fingerprint density at radius 2 is 1.84 bits per heavy atom. The van der Waals surface area contributed by atoms with E-state index < -0.39 is 0 Å². The van der Waals surface area contributed by atoms with Crippen molar-refractivity contribution in [2.75, 3.05) is 19.7 Å². The first-order valence-corrected chi connectivity index (χ1v) is 12.1. The number of likely N-dealkylation sites (tertiary alicyclic amines) is 2. The Kier molecular flexibility index (Phi) is 6.90. The second-order valence-electron chi connectivity index (χ2n) is 8.70.